The lowest BCUT2D eigenvalue weighted by molar-refractivity contribution is 0.729. The summed E-state index contributed by atoms with van der Waals surface area (Å²) >= 11 is 6.70. The van der Waals surface area contributed by atoms with Crippen LogP contribution in [0, 0.1) is 4.77 Å². The lowest BCUT2D eigenvalue weighted by atomic mass is 10.2. The Morgan fingerprint density at radius 2 is 2.09 bits per heavy atom. The van der Waals surface area contributed by atoms with E-state index in [-0.39, 0.29) is 0 Å². The van der Waals surface area contributed by atoms with Gasteiger partial charge in [0.2, 0.25) is 0 Å². The van der Waals surface area contributed by atoms with Gasteiger partial charge in [0.05, 0.1) is 5.75 Å². The Bertz CT molecular complexity index is 862. The number of benzene rings is 1. The molecule has 0 radical (unpaired) electrons. The minimum absolute atomic E-state index is 0.609. The van der Waals surface area contributed by atoms with Crippen LogP contribution in [-0.4, -0.2) is 29.5 Å². The lowest BCUT2D eigenvalue weighted by Gasteiger charge is -2.07. The number of allylic oxidation sites excluding steroid dienone is 1. The van der Waals surface area contributed by atoms with Gasteiger partial charge in [0.25, 0.3) is 0 Å². The van der Waals surface area contributed by atoms with Crippen LogP contribution < -0.4 is 0 Å². The van der Waals surface area contributed by atoms with E-state index in [9.17, 15) is 0 Å². The van der Waals surface area contributed by atoms with Gasteiger partial charge in [-0.1, -0.05) is 48.2 Å². The second-order valence-electron chi connectivity index (χ2n) is 4.86. The van der Waals surface area contributed by atoms with Crippen molar-refractivity contribution in [3.63, 3.8) is 0 Å². The molecule has 23 heavy (non-hydrogen) atoms. The molecule has 0 fully saturated rings. The van der Waals surface area contributed by atoms with Gasteiger partial charge in [0.1, 0.15) is 5.82 Å². The van der Waals surface area contributed by atoms with Crippen molar-refractivity contribution in [3.05, 3.63) is 53.6 Å². The number of aromatic nitrogens is 6. The van der Waals surface area contributed by atoms with E-state index in [2.05, 4.69) is 27.0 Å². The van der Waals surface area contributed by atoms with Gasteiger partial charge in [-0.3, -0.25) is 9.67 Å². The minimum Gasteiger partial charge on any atom is -0.307 e. The largest absolute Gasteiger partial charge is 0.307 e. The summed E-state index contributed by atoms with van der Waals surface area (Å²) in [6.45, 7) is 4.48. The molecular formula is C15H16N6S2. The van der Waals surface area contributed by atoms with Crippen LogP contribution in [0.1, 0.15) is 5.82 Å². The number of nitrogens with zero attached hydrogens (tertiary/aromatic N) is 5. The van der Waals surface area contributed by atoms with Gasteiger partial charge in [-0.05, 0) is 12.2 Å². The number of rotatable bonds is 6. The second kappa shape index (κ2) is 6.93. The molecule has 0 amide bonds. The summed E-state index contributed by atoms with van der Waals surface area (Å²) in [4.78, 5) is 0. The van der Waals surface area contributed by atoms with E-state index in [1.807, 2.05) is 52.6 Å². The Morgan fingerprint density at radius 1 is 1.30 bits per heavy atom. The van der Waals surface area contributed by atoms with Crippen LogP contribution in [0.2, 0.25) is 0 Å². The summed E-state index contributed by atoms with van der Waals surface area (Å²) in [6, 6.07) is 10.0. The topological polar surface area (TPSA) is 64.3 Å². The summed E-state index contributed by atoms with van der Waals surface area (Å²) in [5.74, 6) is 2.37. The minimum atomic E-state index is 0.609. The molecule has 2 heterocycles. The molecule has 0 saturated carbocycles. The Hall–Kier alpha value is -2.19. The van der Waals surface area contributed by atoms with Crippen LogP contribution in [0.15, 0.2) is 48.1 Å². The molecule has 0 atom stereocenters. The SMILES string of the molecule is C=CCn1c(SCc2n[nH]c(=S)n2C)nnc1-c1ccccc1. The van der Waals surface area contributed by atoms with Gasteiger partial charge >= 0.3 is 0 Å². The number of hydrogen-bond donors (Lipinski definition) is 1. The second-order valence-corrected chi connectivity index (χ2v) is 6.19. The maximum atomic E-state index is 5.13. The van der Waals surface area contributed by atoms with Gasteiger partial charge in [0.15, 0.2) is 15.8 Å². The molecule has 0 unspecified atom stereocenters. The van der Waals surface area contributed by atoms with Gasteiger partial charge in [-0.25, -0.2) is 0 Å². The van der Waals surface area contributed by atoms with Gasteiger partial charge in [-0.15, -0.1) is 16.8 Å². The molecule has 0 bridgehead atoms. The maximum absolute atomic E-state index is 5.13. The molecule has 3 rings (SSSR count). The summed E-state index contributed by atoms with van der Waals surface area (Å²) in [7, 11) is 1.89. The Labute approximate surface area is 143 Å². The van der Waals surface area contributed by atoms with Crippen molar-refractivity contribution in [2.75, 3.05) is 0 Å². The van der Waals surface area contributed by atoms with Crippen molar-refractivity contribution < 1.29 is 0 Å². The van der Waals surface area contributed by atoms with Crippen molar-refractivity contribution >= 4 is 24.0 Å². The highest BCUT2D eigenvalue weighted by Gasteiger charge is 2.14. The number of thioether (sulfide) groups is 1. The molecule has 1 N–H and O–H groups in total. The molecule has 3 aromatic rings. The normalized spacial score (nSPS) is 10.8. The van der Waals surface area contributed by atoms with Crippen molar-refractivity contribution in [2.45, 2.75) is 17.5 Å². The van der Waals surface area contributed by atoms with E-state index in [1.165, 1.54) is 0 Å². The zero-order chi connectivity index (χ0) is 16.2. The van der Waals surface area contributed by atoms with Gasteiger partial charge in [-0.2, -0.15) is 5.10 Å². The fraction of sp³-hybridized carbons (Fsp3) is 0.200. The predicted molar refractivity (Wildman–Crippen MR) is 93.6 cm³/mol. The predicted octanol–water partition coefficient (Wildman–Crippen LogP) is 3.21. The lowest BCUT2D eigenvalue weighted by Crippen LogP contribution is -2.02. The van der Waals surface area contributed by atoms with Crippen LogP contribution in [0.3, 0.4) is 0 Å². The zero-order valence-corrected chi connectivity index (χ0v) is 14.3. The number of H-pyrrole nitrogens is 1. The van der Waals surface area contributed by atoms with Gasteiger partial charge in [0, 0.05) is 19.2 Å². The number of aromatic amines is 1. The molecular weight excluding hydrogens is 328 g/mol. The summed E-state index contributed by atoms with van der Waals surface area (Å²) < 4.78 is 4.52. The van der Waals surface area contributed by atoms with Crippen LogP contribution in [0.4, 0.5) is 0 Å². The quantitative estimate of drug-likeness (QED) is 0.422. The molecule has 0 saturated heterocycles. The Morgan fingerprint density at radius 3 is 2.74 bits per heavy atom. The molecule has 1 aromatic carbocycles. The van der Waals surface area contributed by atoms with E-state index >= 15 is 0 Å². The number of nitrogens with one attached hydrogen (secondary N) is 1. The van der Waals surface area contributed by atoms with E-state index in [0.29, 0.717) is 17.1 Å². The average molecular weight is 344 g/mol. The van der Waals surface area contributed by atoms with Crippen molar-refractivity contribution in [1.82, 2.24) is 29.5 Å². The molecule has 0 aliphatic carbocycles. The summed E-state index contributed by atoms with van der Waals surface area (Å²) in [6.07, 6.45) is 1.84. The smallest absolute Gasteiger partial charge is 0.194 e. The third-order valence-electron chi connectivity index (χ3n) is 3.36. The third-order valence-corrected chi connectivity index (χ3v) is 4.69. The molecule has 0 spiro atoms. The van der Waals surface area contributed by atoms with Crippen LogP contribution in [0.5, 0.6) is 0 Å². The molecule has 0 aliphatic rings. The van der Waals surface area contributed by atoms with Crippen molar-refractivity contribution in [3.8, 4) is 11.4 Å². The molecule has 6 nitrogen and oxygen atoms in total. The number of hydrogen-bond acceptors (Lipinski definition) is 5. The van der Waals surface area contributed by atoms with Gasteiger partial charge < -0.3 is 4.57 Å². The van der Waals surface area contributed by atoms with Crippen LogP contribution in [-0.2, 0) is 19.3 Å². The monoisotopic (exact) mass is 344 g/mol. The highest BCUT2D eigenvalue weighted by atomic mass is 32.2. The van der Waals surface area contributed by atoms with E-state index < -0.39 is 0 Å². The molecule has 2 aromatic heterocycles. The molecule has 118 valence electrons. The van der Waals surface area contributed by atoms with E-state index in [4.69, 9.17) is 12.2 Å². The molecule has 8 heteroatoms. The summed E-state index contributed by atoms with van der Waals surface area (Å²) in [5, 5.41) is 16.5. The third kappa shape index (κ3) is 3.27. The first-order chi connectivity index (χ1) is 11.2. The highest BCUT2D eigenvalue weighted by molar-refractivity contribution is 7.98. The first-order valence-corrected chi connectivity index (χ1v) is 8.42. The van der Waals surface area contributed by atoms with Crippen LogP contribution in [0.25, 0.3) is 11.4 Å². The standard InChI is InChI=1S/C15H16N6S2/c1-3-9-21-13(11-7-5-4-6-8-11)17-19-15(21)23-10-12-16-18-14(22)20(12)2/h3-8H,1,9-10H2,2H3,(H,18,22). The molecule has 0 aliphatic heterocycles. The Balaban J connectivity index is 1.87. The fourth-order valence-electron chi connectivity index (χ4n) is 2.13. The van der Waals surface area contributed by atoms with Crippen molar-refractivity contribution in [1.29, 1.82) is 0 Å². The Kier molecular flexibility index (Phi) is 4.73. The maximum Gasteiger partial charge on any atom is 0.194 e. The fourth-order valence-corrected chi connectivity index (χ4v) is 3.21. The zero-order valence-electron chi connectivity index (χ0n) is 12.6. The van der Waals surface area contributed by atoms with Crippen LogP contribution >= 0.6 is 24.0 Å². The van der Waals surface area contributed by atoms with E-state index in [0.717, 1.165) is 22.4 Å². The first-order valence-electron chi connectivity index (χ1n) is 7.03. The average Bonchev–Trinajstić information content (AvgIpc) is 3.12. The highest BCUT2D eigenvalue weighted by Crippen LogP contribution is 2.25. The summed E-state index contributed by atoms with van der Waals surface area (Å²) in [5.41, 5.74) is 1.03. The van der Waals surface area contributed by atoms with E-state index in [1.54, 1.807) is 11.8 Å². The van der Waals surface area contributed by atoms with Crippen molar-refractivity contribution in [2.24, 2.45) is 7.05 Å². The first kappa shape index (κ1) is 15.7.